The molecule has 27 heavy (non-hydrogen) atoms. The number of benzene rings is 1. The monoisotopic (exact) mass is 380 g/mol. The maximum atomic E-state index is 13.4. The fraction of sp³-hybridized carbons (Fsp3) is 0.667. The molecule has 3 nitrogen and oxygen atoms in total. The van der Waals surface area contributed by atoms with Crippen LogP contribution in [-0.2, 0) is 17.5 Å². The van der Waals surface area contributed by atoms with E-state index in [9.17, 15) is 18.0 Å². The summed E-state index contributed by atoms with van der Waals surface area (Å²) in [6.45, 7) is 2.21. The molecule has 2 saturated heterocycles. The van der Waals surface area contributed by atoms with Crippen LogP contribution >= 0.6 is 0 Å². The molecule has 1 amide bonds. The highest BCUT2D eigenvalue weighted by atomic mass is 19.4. The Labute approximate surface area is 158 Å². The summed E-state index contributed by atoms with van der Waals surface area (Å²) in [4.78, 5) is 17.7. The summed E-state index contributed by atoms with van der Waals surface area (Å²) in [6, 6.07) is 5.77. The lowest BCUT2D eigenvalue weighted by Crippen LogP contribution is -2.51. The minimum Gasteiger partial charge on any atom is -0.338 e. The number of alkyl halides is 3. The SMILES string of the molecule is O=C1N(C2CCCCC2)CCC12CCCN2Cc1ccc(C(F)(F)F)cc1. The van der Waals surface area contributed by atoms with Gasteiger partial charge in [0.05, 0.1) is 5.56 Å². The van der Waals surface area contributed by atoms with E-state index in [1.165, 1.54) is 19.3 Å². The highest BCUT2D eigenvalue weighted by Gasteiger charge is 2.54. The number of carbonyl (C=O) groups excluding carboxylic acids is 1. The average molecular weight is 380 g/mol. The van der Waals surface area contributed by atoms with E-state index in [1.807, 2.05) is 0 Å². The van der Waals surface area contributed by atoms with Crippen LogP contribution in [0.3, 0.4) is 0 Å². The zero-order valence-corrected chi connectivity index (χ0v) is 15.6. The molecule has 0 N–H and O–H groups in total. The summed E-state index contributed by atoms with van der Waals surface area (Å²) < 4.78 is 38.3. The van der Waals surface area contributed by atoms with Crippen LogP contribution in [0.15, 0.2) is 24.3 Å². The number of halogens is 3. The topological polar surface area (TPSA) is 23.6 Å². The summed E-state index contributed by atoms with van der Waals surface area (Å²) in [7, 11) is 0. The van der Waals surface area contributed by atoms with Gasteiger partial charge in [0.2, 0.25) is 5.91 Å². The van der Waals surface area contributed by atoms with Crippen LogP contribution in [0.4, 0.5) is 13.2 Å². The van der Waals surface area contributed by atoms with Crippen LogP contribution in [0.5, 0.6) is 0 Å². The second-order valence-corrected chi connectivity index (χ2v) is 8.29. The van der Waals surface area contributed by atoms with Gasteiger partial charge in [-0.1, -0.05) is 31.4 Å². The van der Waals surface area contributed by atoms with Gasteiger partial charge in [-0.25, -0.2) is 0 Å². The van der Waals surface area contributed by atoms with Crippen LogP contribution in [0.1, 0.15) is 62.5 Å². The molecule has 3 aliphatic rings. The normalized spacial score (nSPS) is 27.8. The molecule has 1 aliphatic carbocycles. The van der Waals surface area contributed by atoms with Gasteiger partial charge in [0.25, 0.3) is 0 Å². The molecule has 0 radical (unpaired) electrons. The Hall–Kier alpha value is -1.56. The molecule has 1 spiro atoms. The van der Waals surface area contributed by atoms with Crippen molar-refractivity contribution < 1.29 is 18.0 Å². The quantitative estimate of drug-likeness (QED) is 0.765. The van der Waals surface area contributed by atoms with E-state index in [1.54, 1.807) is 12.1 Å². The smallest absolute Gasteiger partial charge is 0.338 e. The molecule has 0 bridgehead atoms. The predicted octanol–water partition coefficient (Wildman–Crippen LogP) is 4.61. The van der Waals surface area contributed by atoms with Crippen molar-refractivity contribution in [3.63, 3.8) is 0 Å². The number of likely N-dealkylation sites (tertiary alicyclic amines) is 2. The standard InChI is InChI=1S/C21H27F3N2O/c22-21(23,24)17-9-7-16(8-10-17)15-25-13-4-11-20(25)12-14-26(19(20)27)18-5-2-1-3-6-18/h7-10,18H,1-6,11-15H2. The van der Waals surface area contributed by atoms with Gasteiger partial charge in [-0.05, 0) is 56.3 Å². The first-order valence-electron chi connectivity index (χ1n) is 10.1. The molecule has 4 rings (SSSR count). The Morgan fingerprint density at radius 2 is 1.67 bits per heavy atom. The first-order valence-corrected chi connectivity index (χ1v) is 10.1. The number of amides is 1. The molecule has 1 aromatic carbocycles. The minimum absolute atomic E-state index is 0.263. The molecule has 3 fully saturated rings. The second-order valence-electron chi connectivity index (χ2n) is 8.29. The van der Waals surface area contributed by atoms with Gasteiger partial charge in [-0.2, -0.15) is 13.2 Å². The van der Waals surface area contributed by atoms with E-state index < -0.39 is 17.3 Å². The van der Waals surface area contributed by atoms with Crippen LogP contribution in [0.2, 0.25) is 0 Å². The van der Waals surface area contributed by atoms with E-state index in [0.717, 1.165) is 62.9 Å². The molecule has 0 aromatic heterocycles. The molecular weight excluding hydrogens is 353 g/mol. The van der Waals surface area contributed by atoms with E-state index in [2.05, 4.69) is 9.80 Å². The van der Waals surface area contributed by atoms with Gasteiger partial charge < -0.3 is 4.90 Å². The number of rotatable bonds is 3. The van der Waals surface area contributed by atoms with Crippen molar-refractivity contribution in [2.45, 2.75) is 75.7 Å². The maximum absolute atomic E-state index is 13.4. The van der Waals surface area contributed by atoms with Crippen molar-refractivity contribution in [1.82, 2.24) is 9.80 Å². The molecular formula is C21H27F3N2O. The lowest BCUT2D eigenvalue weighted by Gasteiger charge is -2.36. The van der Waals surface area contributed by atoms with E-state index in [0.29, 0.717) is 12.6 Å². The predicted molar refractivity (Wildman–Crippen MR) is 97.0 cm³/mol. The van der Waals surface area contributed by atoms with Gasteiger partial charge in [0, 0.05) is 19.1 Å². The average Bonchev–Trinajstić information content (AvgIpc) is 3.21. The fourth-order valence-corrected chi connectivity index (χ4v) is 5.23. The highest BCUT2D eigenvalue weighted by Crippen LogP contribution is 2.42. The van der Waals surface area contributed by atoms with Crippen LogP contribution in [0.25, 0.3) is 0 Å². The molecule has 1 atom stereocenters. The van der Waals surface area contributed by atoms with Gasteiger partial charge in [0.1, 0.15) is 5.54 Å². The van der Waals surface area contributed by atoms with Gasteiger partial charge in [-0.3, -0.25) is 9.69 Å². The van der Waals surface area contributed by atoms with Crippen LogP contribution in [-0.4, -0.2) is 40.4 Å². The van der Waals surface area contributed by atoms with E-state index >= 15 is 0 Å². The van der Waals surface area contributed by atoms with Gasteiger partial charge >= 0.3 is 6.18 Å². The largest absolute Gasteiger partial charge is 0.416 e. The molecule has 1 saturated carbocycles. The third kappa shape index (κ3) is 3.48. The number of hydrogen-bond donors (Lipinski definition) is 0. The molecule has 1 unspecified atom stereocenters. The second kappa shape index (κ2) is 7.12. The summed E-state index contributed by atoms with van der Waals surface area (Å²) in [5, 5.41) is 0. The lowest BCUT2D eigenvalue weighted by atomic mass is 9.92. The third-order valence-electron chi connectivity index (χ3n) is 6.72. The van der Waals surface area contributed by atoms with E-state index in [4.69, 9.17) is 0 Å². The van der Waals surface area contributed by atoms with Crippen molar-refractivity contribution in [2.75, 3.05) is 13.1 Å². The molecule has 148 valence electrons. The first kappa shape index (κ1) is 18.8. The Morgan fingerprint density at radius 1 is 0.963 bits per heavy atom. The fourth-order valence-electron chi connectivity index (χ4n) is 5.23. The molecule has 2 heterocycles. The van der Waals surface area contributed by atoms with Gasteiger partial charge in [-0.15, -0.1) is 0 Å². The zero-order valence-electron chi connectivity index (χ0n) is 15.6. The number of nitrogens with zero attached hydrogens (tertiary/aromatic N) is 2. The van der Waals surface area contributed by atoms with Crippen molar-refractivity contribution in [3.05, 3.63) is 35.4 Å². The van der Waals surface area contributed by atoms with Crippen molar-refractivity contribution >= 4 is 5.91 Å². The highest BCUT2D eigenvalue weighted by molar-refractivity contribution is 5.89. The maximum Gasteiger partial charge on any atom is 0.416 e. The van der Waals surface area contributed by atoms with Crippen molar-refractivity contribution in [2.24, 2.45) is 0 Å². The summed E-state index contributed by atoms with van der Waals surface area (Å²) in [5.41, 5.74) is -0.212. The molecule has 2 aliphatic heterocycles. The third-order valence-corrected chi connectivity index (χ3v) is 6.72. The van der Waals surface area contributed by atoms with E-state index in [-0.39, 0.29) is 5.91 Å². The Bertz CT molecular complexity index is 682. The summed E-state index contributed by atoms with van der Waals surface area (Å²) in [6.07, 6.45) is 4.29. The summed E-state index contributed by atoms with van der Waals surface area (Å²) >= 11 is 0. The van der Waals surface area contributed by atoms with Crippen molar-refractivity contribution in [3.8, 4) is 0 Å². The zero-order chi connectivity index (χ0) is 19.1. The summed E-state index contributed by atoms with van der Waals surface area (Å²) in [5.74, 6) is 0.263. The molecule has 1 aromatic rings. The van der Waals surface area contributed by atoms with Crippen LogP contribution < -0.4 is 0 Å². The number of hydrogen-bond acceptors (Lipinski definition) is 2. The lowest BCUT2D eigenvalue weighted by molar-refractivity contribution is -0.139. The van der Waals surface area contributed by atoms with Crippen molar-refractivity contribution in [1.29, 1.82) is 0 Å². The molecule has 6 heteroatoms. The number of carbonyl (C=O) groups is 1. The Balaban J connectivity index is 1.48. The first-order chi connectivity index (χ1) is 12.9. The van der Waals surface area contributed by atoms with Gasteiger partial charge in [0.15, 0.2) is 0 Å². The Morgan fingerprint density at radius 3 is 2.33 bits per heavy atom. The Kier molecular flexibility index (Phi) is 4.95. The van der Waals surface area contributed by atoms with Crippen LogP contribution in [0, 0.1) is 0 Å². The minimum atomic E-state index is -4.31.